The van der Waals surface area contributed by atoms with E-state index in [1.807, 2.05) is 60.0 Å². The number of benzene rings is 2. The first-order valence-electron chi connectivity index (χ1n) is 8.03. The maximum atomic E-state index is 12.6. The first kappa shape index (κ1) is 15.5. The van der Waals surface area contributed by atoms with Crippen LogP contribution in [0.5, 0.6) is 0 Å². The van der Waals surface area contributed by atoms with Gasteiger partial charge in [0, 0.05) is 18.5 Å². The van der Waals surface area contributed by atoms with Crippen LogP contribution in [0.3, 0.4) is 0 Å². The van der Waals surface area contributed by atoms with E-state index in [1.54, 1.807) is 29.4 Å². The Morgan fingerprint density at radius 1 is 0.920 bits per heavy atom. The molecule has 0 aliphatic carbocycles. The minimum Gasteiger partial charge on any atom is -0.279 e. The molecule has 0 spiro atoms. The second-order valence-corrected chi connectivity index (χ2v) is 6.62. The molecule has 3 nitrogen and oxygen atoms in total. The van der Waals surface area contributed by atoms with E-state index in [9.17, 15) is 4.79 Å². The SMILES string of the molecule is CC(=O)N(c1ccsc1-c1ccccn1)c1cccc2ccccc12. The third-order valence-electron chi connectivity index (χ3n) is 4.11. The van der Waals surface area contributed by atoms with Crippen molar-refractivity contribution >= 4 is 39.4 Å². The summed E-state index contributed by atoms with van der Waals surface area (Å²) >= 11 is 1.59. The lowest BCUT2D eigenvalue weighted by Crippen LogP contribution is -2.23. The predicted molar refractivity (Wildman–Crippen MR) is 104 cm³/mol. The van der Waals surface area contributed by atoms with E-state index < -0.39 is 0 Å². The number of hydrogen-bond donors (Lipinski definition) is 0. The molecule has 4 aromatic rings. The molecule has 0 bridgehead atoms. The van der Waals surface area contributed by atoms with Gasteiger partial charge in [-0.05, 0) is 35.0 Å². The highest BCUT2D eigenvalue weighted by Gasteiger charge is 2.21. The Kier molecular flexibility index (Phi) is 4.04. The van der Waals surface area contributed by atoms with E-state index in [1.165, 1.54) is 0 Å². The molecule has 1 amide bonds. The average molecular weight is 344 g/mol. The Labute approximate surface area is 150 Å². The first-order chi connectivity index (χ1) is 12.3. The quantitative estimate of drug-likeness (QED) is 0.481. The van der Waals surface area contributed by atoms with E-state index in [0.717, 1.165) is 32.7 Å². The molecule has 0 N–H and O–H groups in total. The summed E-state index contributed by atoms with van der Waals surface area (Å²) in [5.41, 5.74) is 2.63. The Bertz CT molecular complexity index is 1030. The zero-order valence-electron chi connectivity index (χ0n) is 13.7. The highest BCUT2D eigenvalue weighted by atomic mass is 32.1. The standard InChI is InChI=1S/C21H16N2OS/c1-15(24)23(19-11-6-8-16-7-2-3-9-17(16)19)20-12-14-25-21(20)18-10-4-5-13-22-18/h2-14H,1H3. The normalized spacial score (nSPS) is 10.8. The van der Waals surface area contributed by atoms with Crippen molar-refractivity contribution in [1.29, 1.82) is 0 Å². The van der Waals surface area contributed by atoms with E-state index >= 15 is 0 Å². The summed E-state index contributed by atoms with van der Waals surface area (Å²) in [6.45, 7) is 1.60. The fraction of sp³-hybridized carbons (Fsp3) is 0.0476. The second-order valence-electron chi connectivity index (χ2n) is 5.70. The van der Waals surface area contributed by atoms with Gasteiger partial charge in [-0.3, -0.25) is 14.7 Å². The Morgan fingerprint density at radius 2 is 1.72 bits per heavy atom. The number of fused-ring (bicyclic) bond motifs is 1. The summed E-state index contributed by atoms with van der Waals surface area (Å²) < 4.78 is 0. The second kappa shape index (κ2) is 6.49. The number of amides is 1. The van der Waals surface area contributed by atoms with Gasteiger partial charge in [-0.1, -0.05) is 42.5 Å². The summed E-state index contributed by atoms with van der Waals surface area (Å²) in [6.07, 6.45) is 1.77. The van der Waals surface area contributed by atoms with Gasteiger partial charge in [0.2, 0.25) is 5.91 Å². The van der Waals surface area contributed by atoms with Crippen molar-refractivity contribution in [3.05, 3.63) is 78.3 Å². The molecule has 0 radical (unpaired) electrons. The molecule has 0 aliphatic rings. The third-order valence-corrected chi connectivity index (χ3v) is 5.03. The molecule has 4 rings (SSSR count). The molecule has 0 aliphatic heterocycles. The molecule has 0 fully saturated rings. The Morgan fingerprint density at radius 3 is 2.52 bits per heavy atom. The maximum Gasteiger partial charge on any atom is 0.228 e. The summed E-state index contributed by atoms with van der Waals surface area (Å²) in [5, 5.41) is 4.17. The highest BCUT2D eigenvalue weighted by Crippen LogP contribution is 2.40. The Hall–Kier alpha value is -2.98. The van der Waals surface area contributed by atoms with Crippen molar-refractivity contribution in [2.75, 3.05) is 4.90 Å². The number of rotatable bonds is 3. The van der Waals surface area contributed by atoms with E-state index in [2.05, 4.69) is 17.1 Å². The summed E-state index contributed by atoms with van der Waals surface area (Å²) in [5.74, 6) is -0.0214. The van der Waals surface area contributed by atoms with Crippen molar-refractivity contribution in [3.63, 3.8) is 0 Å². The van der Waals surface area contributed by atoms with Crippen LogP contribution >= 0.6 is 11.3 Å². The third kappa shape index (κ3) is 2.81. The number of aromatic nitrogens is 1. The van der Waals surface area contributed by atoms with Crippen LogP contribution in [0.25, 0.3) is 21.3 Å². The number of anilines is 2. The van der Waals surface area contributed by atoms with Crippen molar-refractivity contribution in [1.82, 2.24) is 4.98 Å². The maximum absolute atomic E-state index is 12.6. The fourth-order valence-electron chi connectivity index (χ4n) is 3.04. The topological polar surface area (TPSA) is 33.2 Å². The molecule has 2 aromatic carbocycles. The zero-order valence-corrected chi connectivity index (χ0v) is 14.5. The van der Waals surface area contributed by atoms with Gasteiger partial charge < -0.3 is 0 Å². The summed E-state index contributed by atoms with van der Waals surface area (Å²) in [6, 6.07) is 22.0. The van der Waals surface area contributed by atoms with E-state index in [0.29, 0.717) is 0 Å². The smallest absolute Gasteiger partial charge is 0.228 e. The lowest BCUT2D eigenvalue weighted by atomic mass is 10.1. The van der Waals surface area contributed by atoms with Gasteiger partial charge in [0.15, 0.2) is 0 Å². The minimum atomic E-state index is -0.0214. The van der Waals surface area contributed by atoms with E-state index in [4.69, 9.17) is 0 Å². The van der Waals surface area contributed by atoms with Crippen LogP contribution in [0.2, 0.25) is 0 Å². The molecule has 0 atom stereocenters. The van der Waals surface area contributed by atoms with Crippen LogP contribution in [0.4, 0.5) is 11.4 Å². The van der Waals surface area contributed by atoms with Crippen molar-refractivity contribution in [2.24, 2.45) is 0 Å². The van der Waals surface area contributed by atoms with Crippen LogP contribution in [-0.4, -0.2) is 10.9 Å². The van der Waals surface area contributed by atoms with Gasteiger partial charge in [0.1, 0.15) is 0 Å². The molecule has 122 valence electrons. The van der Waals surface area contributed by atoms with E-state index in [-0.39, 0.29) is 5.91 Å². The number of hydrogen-bond acceptors (Lipinski definition) is 3. The minimum absolute atomic E-state index is 0.0214. The number of thiophene rings is 1. The van der Waals surface area contributed by atoms with Gasteiger partial charge >= 0.3 is 0 Å². The lowest BCUT2D eigenvalue weighted by Gasteiger charge is -2.23. The number of carbonyl (C=O) groups is 1. The molecular formula is C21H16N2OS. The first-order valence-corrected chi connectivity index (χ1v) is 8.91. The van der Waals surface area contributed by atoms with Crippen molar-refractivity contribution < 1.29 is 4.79 Å². The van der Waals surface area contributed by atoms with Crippen LogP contribution < -0.4 is 4.90 Å². The number of pyridine rings is 1. The Balaban J connectivity index is 1.93. The van der Waals surface area contributed by atoms with Crippen LogP contribution in [0, 0.1) is 0 Å². The molecular weight excluding hydrogens is 328 g/mol. The molecule has 0 saturated carbocycles. The highest BCUT2D eigenvalue weighted by molar-refractivity contribution is 7.14. The van der Waals surface area contributed by atoms with Crippen molar-refractivity contribution in [2.45, 2.75) is 6.92 Å². The van der Waals surface area contributed by atoms with Gasteiger partial charge in [0.25, 0.3) is 0 Å². The zero-order chi connectivity index (χ0) is 17.2. The molecule has 2 aromatic heterocycles. The summed E-state index contributed by atoms with van der Waals surface area (Å²) in [4.78, 5) is 19.8. The van der Waals surface area contributed by atoms with Crippen LogP contribution in [0.15, 0.2) is 78.3 Å². The molecule has 0 saturated heterocycles. The molecule has 25 heavy (non-hydrogen) atoms. The van der Waals surface area contributed by atoms with Gasteiger partial charge in [-0.15, -0.1) is 11.3 Å². The van der Waals surface area contributed by atoms with Crippen molar-refractivity contribution in [3.8, 4) is 10.6 Å². The molecule has 2 heterocycles. The largest absolute Gasteiger partial charge is 0.279 e. The van der Waals surface area contributed by atoms with Gasteiger partial charge in [0.05, 0.1) is 21.9 Å². The predicted octanol–water partition coefficient (Wildman–Crippen LogP) is 5.65. The molecule has 4 heteroatoms. The monoisotopic (exact) mass is 344 g/mol. The summed E-state index contributed by atoms with van der Waals surface area (Å²) in [7, 11) is 0. The number of carbonyl (C=O) groups excluding carboxylic acids is 1. The van der Waals surface area contributed by atoms with Crippen LogP contribution in [-0.2, 0) is 4.79 Å². The lowest BCUT2D eigenvalue weighted by molar-refractivity contribution is -0.115. The van der Waals surface area contributed by atoms with Crippen LogP contribution in [0.1, 0.15) is 6.92 Å². The fourth-order valence-corrected chi connectivity index (χ4v) is 3.89. The van der Waals surface area contributed by atoms with Gasteiger partial charge in [-0.2, -0.15) is 0 Å². The molecule has 0 unspecified atom stereocenters. The average Bonchev–Trinajstić information content (AvgIpc) is 3.12. The number of nitrogens with zero attached hydrogens (tertiary/aromatic N) is 2. The van der Waals surface area contributed by atoms with Gasteiger partial charge in [-0.25, -0.2) is 0 Å².